The van der Waals surface area contributed by atoms with E-state index in [2.05, 4.69) is 10.4 Å². The largest absolute Gasteiger partial charge is 0.477 e. The van der Waals surface area contributed by atoms with Gasteiger partial charge in [-0.3, -0.25) is 5.32 Å². The van der Waals surface area contributed by atoms with Gasteiger partial charge in [0.25, 0.3) is 0 Å². The minimum atomic E-state index is -4.78. The summed E-state index contributed by atoms with van der Waals surface area (Å²) >= 11 is 0. The molecule has 4 aromatic rings. The van der Waals surface area contributed by atoms with E-state index in [0.29, 0.717) is 0 Å². The fourth-order valence-electron chi connectivity index (χ4n) is 5.27. The zero-order valence-corrected chi connectivity index (χ0v) is 22.7. The number of nitrogens with one attached hydrogen (secondary N) is 1. The molecule has 0 radical (unpaired) electrons. The first-order chi connectivity index (χ1) is 19.0. The van der Waals surface area contributed by atoms with E-state index in [-0.39, 0.29) is 23.9 Å². The van der Waals surface area contributed by atoms with Crippen LogP contribution in [0.3, 0.4) is 0 Å². The molecule has 3 aromatic carbocycles. The van der Waals surface area contributed by atoms with E-state index in [1.807, 2.05) is 91.0 Å². The van der Waals surface area contributed by atoms with Crippen LogP contribution < -0.4 is 10.1 Å². The summed E-state index contributed by atoms with van der Waals surface area (Å²) in [5.74, 6) is -0.921. The molecule has 5 rings (SSSR count). The number of benzene rings is 3. The number of aryl methyl sites for hydroxylation is 1. The van der Waals surface area contributed by atoms with Crippen molar-refractivity contribution in [3.05, 3.63) is 124 Å². The predicted octanol–water partition coefficient (Wildman–Crippen LogP) is 5.41. The summed E-state index contributed by atoms with van der Waals surface area (Å²) in [7, 11) is -2.58. The molecule has 0 saturated carbocycles. The van der Waals surface area contributed by atoms with Crippen molar-refractivity contribution in [2.24, 2.45) is 13.0 Å². The molecule has 1 aliphatic rings. The van der Waals surface area contributed by atoms with Crippen LogP contribution in [-0.2, 0) is 28.6 Å². The van der Waals surface area contributed by atoms with Gasteiger partial charge in [0.05, 0.1) is 22.6 Å². The number of sulfone groups is 1. The third kappa shape index (κ3) is 5.16. The van der Waals surface area contributed by atoms with E-state index >= 15 is 0 Å². The second-order valence-corrected chi connectivity index (χ2v) is 11.8. The number of alkyl halides is 3. The van der Waals surface area contributed by atoms with Gasteiger partial charge in [0, 0.05) is 25.8 Å². The maximum Gasteiger partial charge on any atom is 0.435 e. The number of aromatic nitrogens is 2. The molecule has 2 heterocycles. The zero-order valence-electron chi connectivity index (χ0n) is 21.9. The smallest absolute Gasteiger partial charge is 0.435 e. The van der Waals surface area contributed by atoms with Crippen molar-refractivity contribution in [3.8, 4) is 5.88 Å². The number of halogens is 3. The lowest BCUT2D eigenvalue weighted by Crippen LogP contribution is -2.47. The van der Waals surface area contributed by atoms with Crippen LogP contribution in [-0.4, -0.2) is 37.6 Å². The van der Waals surface area contributed by atoms with Crippen LogP contribution in [0.25, 0.3) is 6.08 Å². The van der Waals surface area contributed by atoms with E-state index in [1.54, 1.807) is 0 Å². The van der Waals surface area contributed by atoms with Gasteiger partial charge < -0.3 is 4.74 Å². The molecule has 0 bridgehead atoms. The van der Waals surface area contributed by atoms with Gasteiger partial charge in [0.15, 0.2) is 15.5 Å². The third-order valence-corrected chi connectivity index (χ3v) is 8.38. The van der Waals surface area contributed by atoms with Crippen LogP contribution in [0, 0.1) is 5.92 Å². The van der Waals surface area contributed by atoms with Crippen molar-refractivity contribution in [1.29, 1.82) is 0 Å². The topological polar surface area (TPSA) is 73.2 Å². The van der Waals surface area contributed by atoms with Gasteiger partial charge >= 0.3 is 6.18 Å². The molecule has 1 aromatic heterocycles. The van der Waals surface area contributed by atoms with Crippen LogP contribution in [0.5, 0.6) is 5.88 Å². The molecule has 10 heteroatoms. The fraction of sp³-hybridized carbons (Fsp3) is 0.233. The van der Waals surface area contributed by atoms with Crippen molar-refractivity contribution >= 4 is 15.9 Å². The van der Waals surface area contributed by atoms with Crippen LogP contribution in [0.2, 0.25) is 0 Å². The van der Waals surface area contributed by atoms with Gasteiger partial charge in [-0.1, -0.05) is 91.0 Å². The van der Waals surface area contributed by atoms with Gasteiger partial charge in [-0.25, -0.2) is 13.1 Å². The molecule has 0 amide bonds. The molecule has 6 nitrogen and oxygen atoms in total. The zero-order chi connectivity index (χ0) is 28.5. The van der Waals surface area contributed by atoms with Crippen molar-refractivity contribution in [2.75, 3.05) is 19.4 Å². The molecule has 1 aliphatic heterocycles. The second kappa shape index (κ2) is 10.6. The number of hydrogen-bond acceptors (Lipinski definition) is 5. The van der Waals surface area contributed by atoms with E-state index in [1.165, 1.54) is 7.05 Å². The summed E-state index contributed by atoms with van der Waals surface area (Å²) in [5.41, 5.74) is 0.269. The summed E-state index contributed by atoms with van der Waals surface area (Å²) < 4.78 is 74.2. The average Bonchev–Trinajstić information content (AvgIpc) is 3.13. The Morgan fingerprint density at radius 2 is 1.38 bits per heavy atom. The van der Waals surface area contributed by atoms with Crippen molar-refractivity contribution in [1.82, 2.24) is 15.1 Å². The monoisotopic (exact) mass is 567 g/mol. The van der Waals surface area contributed by atoms with Gasteiger partial charge in [0.2, 0.25) is 5.88 Å². The molecule has 0 spiro atoms. The lowest BCUT2D eigenvalue weighted by atomic mass is 9.76. The van der Waals surface area contributed by atoms with Crippen LogP contribution in [0.4, 0.5) is 13.2 Å². The second-order valence-electron chi connectivity index (χ2n) is 9.74. The SMILES string of the molecule is Cn1nc(C(F)(F)F)c2c1OCC(CNC(c1ccccc1)(c1ccccc1)c1ccccc1)C(S(C)(=O)=O)=C2. The standard InChI is InChI=1S/C30H28F3N3O3S/c1-36-28-25(27(35-36)30(31,32)33)18-26(40(2,37)38)21(20-39-28)19-34-29(22-12-6-3-7-13-22,23-14-8-4-9-15-23)24-16-10-5-11-17-24/h3-18,21,34H,19-20H2,1-2H3. The molecule has 1 N–H and O–H groups in total. The highest BCUT2D eigenvalue weighted by Crippen LogP contribution is 2.41. The van der Waals surface area contributed by atoms with E-state index < -0.39 is 38.7 Å². The Bertz CT molecular complexity index is 1520. The Kier molecular flexibility index (Phi) is 7.32. The minimum Gasteiger partial charge on any atom is -0.477 e. The molecule has 0 saturated heterocycles. The lowest BCUT2D eigenvalue weighted by molar-refractivity contribution is -0.141. The van der Waals surface area contributed by atoms with Crippen molar-refractivity contribution in [3.63, 3.8) is 0 Å². The third-order valence-electron chi connectivity index (χ3n) is 7.07. The van der Waals surface area contributed by atoms with Gasteiger partial charge in [-0.15, -0.1) is 0 Å². The first-order valence-electron chi connectivity index (χ1n) is 12.6. The summed E-state index contributed by atoms with van der Waals surface area (Å²) in [6.07, 6.45) is -2.72. The van der Waals surface area contributed by atoms with Gasteiger partial charge in [-0.2, -0.15) is 18.3 Å². The van der Waals surface area contributed by atoms with Crippen LogP contribution in [0.15, 0.2) is 95.9 Å². The molecule has 1 unspecified atom stereocenters. The summed E-state index contributed by atoms with van der Waals surface area (Å²) in [6.45, 7) is -0.0788. The minimum absolute atomic E-state index is 0.0837. The molecule has 208 valence electrons. The molecule has 0 aliphatic carbocycles. The number of hydrogen-bond donors (Lipinski definition) is 1. The van der Waals surface area contributed by atoms with E-state index in [9.17, 15) is 21.6 Å². The summed E-state index contributed by atoms with van der Waals surface area (Å²) in [5, 5.41) is 7.19. The van der Waals surface area contributed by atoms with Gasteiger partial charge in [-0.05, 0) is 22.8 Å². The molecular formula is C30H28F3N3O3S. The van der Waals surface area contributed by atoms with Crippen molar-refractivity contribution < 1.29 is 26.3 Å². The first-order valence-corrected chi connectivity index (χ1v) is 14.5. The Morgan fingerprint density at radius 1 is 0.900 bits per heavy atom. The quantitative estimate of drug-likeness (QED) is 0.302. The first kappa shape index (κ1) is 27.7. The fourth-order valence-corrected chi connectivity index (χ4v) is 6.36. The lowest BCUT2D eigenvalue weighted by Gasteiger charge is -2.38. The predicted molar refractivity (Wildman–Crippen MR) is 147 cm³/mol. The maximum atomic E-state index is 13.8. The molecule has 40 heavy (non-hydrogen) atoms. The number of rotatable bonds is 7. The number of fused-ring (bicyclic) bond motifs is 1. The normalized spacial score (nSPS) is 16.0. The van der Waals surface area contributed by atoms with Crippen LogP contribution in [0.1, 0.15) is 27.9 Å². The molecular weight excluding hydrogens is 539 g/mol. The highest BCUT2D eigenvalue weighted by Gasteiger charge is 2.42. The number of nitrogens with zero attached hydrogens (tertiary/aromatic N) is 2. The Morgan fingerprint density at radius 3 is 1.80 bits per heavy atom. The Labute approximate surface area is 231 Å². The van der Waals surface area contributed by atoms with Crippen molar-refractivity contribution in [2.45, 2.75) is 11.7 Å². The molecule has 0 fully saturated rings. The van der Waals surface area contributed by atoms with Crippen LogP contribution >= 0.6 is 0 Å². The van der Waals surface area contributed by atoms with E-state index in [0.717, 1.165) is 33.7 Å². The highest BCUT2D eigenvalue weighted by molar-refractivity contribution is 7.94. The summed E-state index contributed by atoms with van der Waals surface area (Å²) in [6, 6.07) is 29.2. The summed E-state index contributed by atoms with van der Waals surface area (Å²) in [4.78, 5) is -0.152. The molecule has 1 atom stereocenters. The van der Waals surface area contributed by atoms with E-state index in [4.69, 9.17) is 4.74 Å². The Balaban J connectivity index is 1.63. The maximum absolute atomic E-state index is 13.8. The highest BCUT2D eigenvalue weighted by atomic mass is 32.2. The Hall–Kier alpha value is -3.89. The number of ether oxygens (including phenoxy) is 1. The average molecular weight is 568 g/mol. The van der Waals surface area contributed by atoms with Gasteiger partial charge in [0.1, 0.15) is 0 Å².